The lowest BCUT2D eigenvalue weighted by Gasteiger charge is -2.21. The lowest BCUT2D eigenvalue weighted by Crippen LogP contribution is -2.46. The topological polar surface area (TPSA) is 75.7 Å². The Labute approximate surface area is 129 Å². The molecule has 0 spiro atoms. The Kier molecular flexibility index (Phi) is 3.93. The van der Waals surface area contributed by atoms with E-state index in [0.29, 0.717) is 12.5 Å². The van der Waals surface area contributed by atoms with Crippen LogP contribution in [0, 0.1) is 11.8 Å². The Morgan fingerprint density at radius 2 is 2.14 bits per heavy atom. The van der Waals surface area contributed by atoms with Crippen molar-refractivity contribution in [3.8, 4) is 0 Å². The van der Waals surface area contributed by atoms with E-state index >= 15 is 0 Å². The minimum Gasteiger partial charge on any atom is -0.464 e. The van der Waals surface area contributed by atoms with Gasteiger partial charge in [-0.05, 0) is 50.9 Å². The average molecular weight is 306 g/mol. The number of nitrogens with one attached hydrogen (secondary N) is 1. The van der Waals surface area contributed by atoms with Gasteiger partial charge >= 0.3 is 12.0 Å². The van der Waals surface area contributed by atoms with Crippen molar-refractivity contribution in [2.45, 2.75) is 44.6 Å². The summed E-state index contributed by atoms with van der Waals surface area (Å²) in [6, 6.07) is -0.489. The van der Waals surface area contributed by atoms with Gasteiger partial charge in [-0.2, -0.15) is 0 Å². The van der Waals surface area contributed by atoms with Crippen molar-refractivity contribution >= 4 is 17.9 Å². The molecule has 0 bridgehead atoms. The normalized spacial score (nSPS) is 31.3. The molecule has 3 rings (SSSR count). The molecule has 3 aliphatic rings. The van der Waals surface area contributed by atoms with E-state index in [-0.39, 0.29) is 18.4 Å². The first-order valence-electron chi connectivity index (χ1n) is 7.95. The summed E-state index contributed by atoms with van der Waals surface area (Å²) in [5.74, 6) is -0.288. The fraction of sp³-hybridized carbons (Fsp3) is 0.688. The predicted octanol–water partition coefficient (Wildman–Crippen LogP) is 1.61. The van der Waals surface area contributed by atoms with Crippen LogP contribution in [0.5, 0.6) is 0 Å². The summed E-state index contributed by atoms with van der Waals surface area (Å²) >= 11 is 0. The lowest BCUT2D eigenvalue weighted by molar-refractivity contribution is -0.149. The Morgan fingerprint density at radius 1 is 1.36 bits per heavy atom. The van der Waals surface area contributed by atoms with Gasteiger partial charge in [0, 0.05) is 0 Å². The minimum absolute atomic E-state index is 0.194. The number of ether oxygens (including phenoxy) is 1. The van der Waals surface area contributed by atoms with Gasteiger partial charge in [-0.3, -0.25) is 14.5 Å². The van der Waals surface area contributed by atoms with E-state index < -0.39 is 17.5 Å². The van der Waals surface area contributed by atoms with Crippen LogP contribution in [0.4, 0.5) is 4.79 Å². The van der Waals surface area contributed by atoms with Gasteiger partial charge in [0.15, 0.2) is 0 Å². The van der Waals surface area contributed by atoms with Crippen molar-refractivity contribution in [2.75, 3.05) is 13.2 Å². The predicted molar refractivity (Wildman–Crippen MR) is 78.8 cm³/mol. The van der Waals surface area contributed by atoms with E-state index in [2.05, 4.69) is 17.5 Å². The number of amides is 3. The highest BCUT2D eigenvalue weighted by Crippen LogP contribution is 2.42. The summed E-state index contributed by atoms with van der Waals surface area (Å²) in [6.45, 7) is 1.80. The number of nitrogens with zero attached hydrogens (tertiary/aromatic N) is 1. The molecule has 0 aromatic carbocycles. The molecule has 2 fully saturated rings. The zero-order valence-corrected chi connectivity index (χ0v) is 12.8. The number of imide groups is 1. The van der Waals surface area contributed by atoms with Gasteiger partial charge in [-0.25, -0.2) is 4.79 Å². The van der Waals surface area contributed by atoms with E-state index in [4.69, 9.17) is 4.74 Å². The Balaban J connectivity index is 1.51. The highest BCUT2D eigenvalue weighted by Gasteiger charge is 2.56. The van der Waals surface area contributed by atoms with Crippen LogP contribution in [0.2, 0.25) is 0 Å². The number of rotatable bonds is 5. The monoisotopic (exact) mass is 306 g/mol. The van der Waals surface area contributed by atoms with Crippen molar-refractivity contribution in [3.05, 3.63) is 12.2 Å². The number of allylic oxidation sites excluding steroid dienone is 2. The summed E-state index contributed by atoms with van der Waals surface area (Å²) in [6.07, 6.45) is 9.04. The molecule has 1 N–H and O–H groups in total. The van der Waals surface area contributed by atoms with Crippen LogP contribution < -0.4 is 5.32 Å². The van der Waals surface area contributed by atoms with Gasteiger partial charge in [0.2, 0.25) is 0 Å². The maximum atomic E-state index is 12.4. The molecule has 2 aliphatic carbocycles. The van der Waals surface area contributed by atoms with Gasteiger partial charge in [0.1, 0.15) is 12.1 Å². The molecule has 0 aromatic rings. The zero-order valence-electron chi connectivity index (χ0n) is 12.8. The molecule has 6 nitrogen and oxygen atoms in total. The first-order chi connectivity index (χ1) is 10.5. The highest BCUT2D eigenvalue weighted by atomic mass is 16.5. The second-order valence-electron chi connectivity index (χ2n) is 6.63. The van der Waals surface area contributed by atoms with E-state index in [1.807, 2.05) is 0 Å². The number of carbonyl (C=O) groups excluding carboxylic acids is 3. The number of hydrogen-bond acceptors (Lipinski definition) is 4. The molecule has 2 unspecified atom stereocenters. The van der Waals surface area contributed by atoms with Crippen LogP contribution in [-0.2, 0) is 14.3 Å². The summed E-state index contributed by atoms with van der Waals surface area (Å²) in [5.41, 5.74) is -0.842. The van der Waals surface area contributed by atoms with Crippen LogP contribution in [0.25, 0.3) is 0 Å². The maximum Gasteiger partial charge on any atom is 0.326 e. The summed E-state index contributed by atoms with van der Waals surface area (Å²) in [4.78, 5) is 37.2. The van der Waals surface area contributed by atoms with Gasteiger partial charge < -0.3 is 10.1 Å². The van der Waals surface area contributed by atoms with Gasteiger partial charge in [-0.1, -0.05) is 12.2 Å². The molecular formula is C16H22N2O4. The van der Waals surface area contributed by atoms with Crippen LogP contribution in [0.15, 0.2) is 12.2 Å². The number of esters is 1. The minimum atomic E-state index is -0.842. The van der Waals surface area contributed by atoms with E-state index in [1.54, 1.807) is 6.92 Å². The molecule has 1 saturated carbocycles. The molecule has 0 aromatic heterocycles. The first-order valence-corrected chi connectivity index (χ1v) is 7.95. The highest BCUT2D eigenvalue weighted by molar-refractivity contribution is 6.08. The third-order valence-corrected chi connectivity index (χ3v) is 4.84. The smallest absolute Gasteiger partial charge is 0.326 e. The molecular weight excluding hydrogens is 284 g/mol. The standard InChI is InChI=1S/C16H22N2O4/c1-16(12-7-8-12)14(20)18(15(21)17-16)9-13(19)22-10-11-5-3-2-4-6-11/h2-3,11-12H,4-10H2,1H3,(H,17,21). The van der Waals surface area contributed by atoms with Crippen LogP contribution >= 0.6 is 0 Å². The molecule has 3 amide bonds. The fourth-order valence-electron chi connectivity index (χ4n) is 3.19. The van der Waals surface area contributed by atoms with Gasteiger partial charge in [-0.15, -0.1) is 0 Å². The molecule has 22 heavy (non-hydrogen) atoms. The van der Waals surface area contributed by atoms with Crippen LogP contribution in [-0.4, -0.2) is 41.5 Å². The third-order valence-electron chi connectivity index (χ3n) is 4.84. The van der Waals surface area contributed by atoms with Crippen LogP contribution in [0.3, 0.4) is 0 Å². The average Bonchev–Trinajstić information content (AvgIpc) is 3.33. The van der Waals surface area contributed by atoms with Crippen molar-refractivity contribution in [2.24, 2.45) is 11.8 Å². The van der Waals surface area contributed by atoms with Crippen LogP contribution in [0.1, 0.15) is 39.0 Å². The molecule has 0 radical (unpaired) electrons. The molecule has 1 saturated heterocycles. The van der Waals surface area contributed by atoms with E-state index in [0.717, 1.165) is 37.0 Å². The Hall–Kier alpha value is -1.85. The van der Waals surface area contributed by atoms with Gasteiger partial charge in [0.05, 0.1) is 6.61 Å². The Bertz CT molecular complexity index is 526. The van der Waals surface area contributed by atoms with Crippen molar-refractivity contribution < 1.29 is 19.1 Å². The molecule has 6 heteroatoms. The molecule has 120 valence electrons. The van der Waals surface area contributed by atoms with Gasteiger partial charge in [0.25, 0.3) is 5.91 Å². The van der Waals surface area contributed by atoms with E-state index in [9.17, 15) is 14.4 Å². The second-order valence-corrected chi connectivity index (χ2v) is 6.63. The lowest BCUT2D eigenvalue weighted by atomic mass is 9.95. The SMILES string of the molecule is CC1(C2CC2)NC(=O)N(CC(=O)OCC2CC=CCC2)C1=O. The maximum absolute atomic E-state index is 12.4. The fourth-order valence-corrected chi connectivity index (χ4v) is 3.19. The largest absolute Gasteiger partial charge is 0.464 e. The quantitative estimate of drug-likeness (QED) is 0.475. The molecule has 1 heterocycles. The first kappa shape index (κ1) is 15.1. The number of urea groups is 1. The number of hydrogen-bond donors (Lipinski definition) is 1. The van der Waals surface area contributed by atoms with E-state index in [1.165, 1.54) is 0 Å². The summed E-state index contributed by atoms with van der Waals surface area (Å²) in [7, 11) is 0. The molecule has 2 atom stereocenters. The summed E-state index contributed by atoms with van der Waals surface area (Å²) in [5, 5.41) is 2.72. The third kappa shape index (κ3) is 2.87. The van der Waals surface area contributed by atoms with Crippen molar-refractivity contribution in [1.29, 1.82) is 0 Å². The van der Waals surface area contributed by atoms with Crippen molar-refractivity contribution in [3.63, 3.8) is 0 Å². The Morgan fingerprint density at radius 3 is 2.77 bits per heavy atom. The second kappa shape index (κ2) is 5.74. The summed E-state index contributed by atoms with van der Waals surface area (Å²) < 4.78 is 5.24. The van der Waals surface area contributed by atoms with Crippen molar-refractivity contribution in [1.82, 2.24) is 10.2 Å². The molecule has 1 aliphatic heterocycles. The zero-order chi connectivity index (χ0) is 15.7. The number of carbonyl (C=O) groups is 3.